The molecule has 0 atom stereocenters. The predicted molar refractivity (Wildman–Crippen MR) is 84.4 cm³/mol. The molecule has 3 aromatic rings. The van der Waals surface area contributed by atoms with E-state index in [1.54, 1.807) is 0 Å². The van der Waals surface area contributed by atoms with Crippen LogP contribution in [0.25, 0.3) is 22.3 Å². The zero-order chi connectivity index (χ0) is 18.4. The van der Waals surface area contributed by atoms with Crippen molar-refractivity contribution in [3.05, 3.63) is 63.9 Å². The monoisotopic (exact) mass is 348 g/mol. The van der Waals surface area contributed by atoms with E-state index < -0.39 is 23.3 Å². The van der Waals surface area contributed by atoms with Crippen LogP contribution in [0.15, 0.2) is 47.3 Å². The number of nitrogens with zero attached hydrogens (tertiary/aromatic N) is 2. The van der Waals surface area contributed by atoms with Crippen LogP contribution in [-0.4, -0.2) is 20.6 Å². The molecule has 0 spiro atoms. The number of aromatic nitrogens is 2. The molecule has 1 N–H and O–H groups in total. The maximum Gasteiger partial charge on any atom is 0.416 e. The van der Waals surface area contributed by atoms with E-state index in [0.29, 0.717) is 0 Å². The van der Waals surface area contributed by atoms with Gasteiger partial charge in [-0.15, -0.1) is 0 Å². The molecule has 1 heterocycles. The van der Waals surface area contributed by atoms with Gasteiger partial charge in [0, 0.05) is 12.6 Å². The minimum Gasteiger partial charge on any atom is -0.478 e. The second-order valence-electron chi connectivity index (χ2n) is 5.39. The third kappa shape index (κ3) is 2.86. The molecule has 1 aromatic heterocycles. The minimum atomic E-state index is -4.54. The third-order valence-electron chi connectivity index (χ3n) is 3.78. The summed E-state index contributed by atoms with van der Waals surface area (Å²) in [6.07, 6.45) is -4.54. The van der Waals surface area contributed by atoms with Crippen LogP contribution >= 0.6 is 0 Å². The standard InChI is InChI=1S/C17H11F3N2O3/c1-22-14(9-4-2-5-10(8-9)17(18,19)20)21-13-11(15(22)23)6-3-7-12(13)16(24)25/h2-8H,1H3,(H,24,25). The maximum atomic E-state index is 12.9. The van der Waals surface area contributed by atoms with Crippen molar-refractivity contribution in [1.82, 2.24) is 9.55 Å². The largest absolute Gasteiger partial charge is 0.478 e. The number of halogens is 3. The fourth-order valence-corrected chi connectivity index (χ4v) is 2.56. The van der Waals surface area contributed by atoms with E-state index in [9.17, 15) is 27.9 Å². The van der Waals surface area contributed by atoms with Crippen LogP contribution in [0.3, 0.4) is 0 Å². The van der Waals surface area contributed by atoms with Crippen molar-refractivity contribution in [3.8, 4) is 11.4 Å². The van der Waals surface area contributed by atoms with E-state index in [-0.39, 0.29) is 27.9 Å². The topological polar surface area (TPSA) is 72.2 Å². The first kappa shape index (κ1) is 16.7. The molecule has 0 aliphatic heterocycles. The first-order chi connectivity index (χ1) is 11.7. The van der Waals surface area contributed by atoms with Gasteiger partial charge in [-0.3, -0.25) is 9.36 Å². The van der Waals surface area contributed by atoms with E-state index in [1.807, 2.05) is 0 Å². The molecule has 0 aliphatic carbocycles. The van der Waals surface area contributed by atoms with Gasteiger partial charge in [0.25, 0.3) is 5.56 Å². The molecule has 5 nitrogen and oxygen atoms in total. The fraction of sp³-hybridized carbons (Fsp3) is 0.118. The molecule has 0 fully saturated rings. The molecule has 0 amide bonds. The molecular weight excluding hydrogens is 337 g/mol. The van der Waals surface area contributed by atoms with Gasteiger partial charge >= 0.3 is 12.1 Å². The van der Waals surface area contributed by atoms with Crippen LogP contribution < -0.4 is 5.56 Å². The number of carboxylic acids is 1. The van der Waals surface area contributed by atoms with Crippen LogP contribution in [0.2, 0.25) is 0 Å². The van der Waals surface area contributed by atoms with E-state index in [1.165, 1.54) is 37.4 Å². The normalized spacial score (nSPS) is 11.7. The Morgan fingerprint density at radius 2 is 1.84 bits per heavy atom. The Labute approximate surface area is 139 Å². The van der Waals surface area contributed by atoms with Crippen molar-refractivity contribution in [2.45, 2.75) is 6.18 Å². The second-order valence-corrected chi connectivity index (χ2v) is 5.39. The Balaban J connectivity index is 2.35. The molecule has 0 unspecified atom stereocenters. The number of rotatable bonds is 2. The fourth-order valence-electron chi connectivity index (χ4n) is 2.56. The molecule has 0 aliphatic rings. The highest BCUT2D eigenvalue weighted by atomic mass is 19.4. The summed E-state index contributed by atoms with van der Waals surface area (Å²) in [5.41, 5.74) is -1.61. The quantitative estimate of drug-likeness (QED) is 0.771. The SMILES string of the molecule is Cn1c(-c2cccc(C(F)(F)F)c2)nc2c(C(=O)O)cccc2c1=O. The summed E-state index contributed by atoms with van der Waals surface area (Å²) in [4.78, 5) is 28.0. The number of carbonyl (C=O) groups is 1. The number of fused-ring (bicyclic) bond motifs is 1. The zero-order valence-electron chi connectivity index (χ0n) is 12.8. The Morgan fingerprint density at radius 1 is 1.16 bits per heavy atom. The molecule has 0 radical (unpaired) electrons. The van der Waals surface area contributed by atoms with Crippen LogP contribution in [-0.2, 0) is 13.2 Å². The average molecular weight is 348 g/mol. The summed E-state index contributed by atoms with van der Waals surface area (Å²) in [7, 11) is 1.37. The van der Waals surface area contributed by atoms with Gasteiger partial charge in [-0.1, -0.05) is 18.2 Å². The van der Waals surface area contributed by atoms with E-state index in [0.717, 1.165) is 16.7 Å². The highest BCUT2D eigenvalue weighted by molar-refractivity contribution is 6.01. The summed E-state index contributed by atoms with van der Waals surface area (Å²) in [5.74, 6) is -1.32. The number of alkyl halides is 3. The number of carboxylic acid groups (broad SMARTS) is 1. The van der Waals surface area contributed by atoms with Crippen LogP contribution in [0.5, 0.6) is 0 Å². The molecule has 0 bridgehead atoms. The van der Waals surface area contributed by atoms with Crippen molar-refractivity contribution >= 4 is 16.9 Å². The van der Waals surface area contributed by atoms with Crippen molar-refractivity contribution in [1.29, 1.82) is 0 Å². The van der Waals surface area contributed by atoms with Crippen molar-refractivity contribution < 1.29 is 23.1 Å². The third-order valence-corrected chi connectivity index (χ3v) is 3.78. The second kappa shape index (κ2) is 5.73. The molecule has 0 saturated heterocycles. The number of aromatic carboxylic acids is 1. The van der Waals surface area contributed by atoms with Crippen molar-refractivity contribution in [2.24, 2.45) is 7.05 Å². The summed E-state index contributed by atoms with van der Waals surface area (Å²) in [5, 5.41) is 9.34. The molecule has 3 rings (SSSR count). The Morgan fingerprint density at radius 3 is 2.48 bits per heavy atom. The van der Waals surface area contributed by atoms with Gasteiger partial charge in [0.15, 0.2) is 0 Å². The van der Waals surface area contributed by atoms with E-state index in [4.69, 9.17) is 0 Å². The van der Waals surface area contributed by atoms with Crippen LogP contribution in [0.4, 0.5) is 13.2 Å². The molecule has 2 aromatic carbocycles. The van der Waals surface area contributed by atoms with Gasteiger partial charge in [0.1, 0.15) is 5.82 Å². The van der Waals surface area contributed by atoms with Gasteiger partial charge in [-0.2, -0.15) is 13.2 Å². The summed E-state index contributed by atoms with van der Waals surface area (Å²) < 4.78 is 39.9. The van der Waals surface area contributed by atoms with Gasteiger partial charge in [0.05, 0.1) is 22.0 Å². The van der Waals surface area contributed by atoms with Gasteiger partial charge in [0.2, 0.25) is 0 Å². The van der Waals surface area contributed by atoms with Crippen LogP contribution in [0.1, 0.15) is 15.9 Å². The Bertz CT molecular complexity index is 1060. The lowest BCUT2D eigenvalue weighted by Crippen LogP contribution is -2.21. The molecule has 128 valence electrons. The number of para-hydroxylation sites is 1. The summed E-state index contributed by atoms with van der Waals surface area (Å²) in [6, 6.07) is 8.49. The minimum absolute atomic E-state index is 0.0442. The van der Waals surface area contributed by atoms with E-state index >= 15 is 0 Å². The zero-order valence-corrected chi connectivity index (χ0v) is 12.8. The lowest BCUT2D eigenvalue weighted by Gasteiger charge is -2.12. The first-order valence-corrected chi connectivity index (χ1v) is 7.11. The number of benzene rings is 2. The first-order valence-electron chi connectivity index (χ1n) is 7.11. The van der Waals surface area contributed by atoms with Gasteiger partial charge in [-0.05, 0) is 24.3 Å². The molecule has 8 heteroatoms. The smallest absolute Gasteiger partial charge is 0.416 e. The van der Waals surface area contributed by atoms with Crippen molar-refractivity contribution in [2.75, 3.05) is 0 Å². The van der Waals surface area contributed by atoms with Gasteiger partial charge in [-0.25, -0.2) is 9.78 Å². The molecule has 25 heavy (non-hydrogen) atoms. The van der Waals surface area contributed by atoms with Crippen LogP contribution in [0, 0.1) is 0 Å². The Hall–Kier alpha value is -3.16. The predicted octanol–water partition coefficient (Wildman–Crippen LogP) is 3.32. The molecule has 0 saturated carbocycles. The molecular formula is C17H11F3N2O3. The van der Waals surface area contributed by atoms with E-state index in [2.05, 4.69) is 4.98 Å². The average Bonchev–Trinajstić information content (AvgIpc) is 2.56. The summed E-state index contributed by atoms with van der Waals surface area (Å²) >= 11 is 0. The lowest BCUT2D eigenvalue weighted by molar-refractivity contribution is -0.137. The highest BCUT2D eigenvalue weighted by Crippen LogP contribution is 2.31. The lowest BCUT2D eigenvalue weighted by atomic mass is 10.1. The maximum absolute atomic E-state index is 12.9. The number of hydrogen-bond acceptors (Lipinski definition) is 3. The number of hydrogen-bond donors (Lipinski definition) is 1. The van der Waals surface area contributed by atoms with Crippen molar-refractivity contribution in [3.63, 3.8) is 0 Å². The summed E-state index contributed by atoms with van der Waals surface area (Å²) in [6.45, 7) is 0. The van der Waals surface area contributed by atoms with Gasteiger partial charge < -0.3 is 5.11 Å². The Kier molecular flexibility index (Phi) is 3.82. The highest BCUT2D eigenvalue weighted by Gasteiger charge is 2.30.